The number of amides is 1. The maximum absolute atomic E-state index is 13.1. The molecule has 154 valence electrons. The van der Waals surface area contributed by atoms with E-state index < -0.39 is 0 Å². The highest BCUT2D eigenvalue weighted by atomic mass is 35.5. The summed E-state index contributed by atoms with van der Waals surface area (Å²) < 4.78 is 0. The molecule has 1 atom stereocenters. The van der Waals surface area contributed by atoms with Gasteiger partial charge in [0.05, 0.1) is 16.0 Å². The van der Waals surface area contributed by atoms with Crippen LogP contribution in [0.2, 0.25) is 10.0 Å². The van der Waals surface area contributed by atoms with Crippen molar-refractivity contribution in [1.29, 1.82) is 0 Å². The van der Waals surface area contributed by atoms with E-state index in [9.17, 15) is 4.79 Å². The van der Waals surface area contributed by atoms with Gasteiger partial charge >= 0.3 is 0 Å². The quantitative estimate of drug-likeness (QED) is 0.709. The normalized spacial score (nSPS) is 20.7. The van der Waals surface area contributed by atoms with Crippen molar-refractivity contribution in [3.05, 3.63) is 64.1 Å². The molecule has 2 aromatic carbocycles. The summed E-state index contributed by atoms with van der Waals surface area (Å²) in [6.07, 6.45) is 2.04. The molecule has 2 saturated heterocycles. The van der Waals surface area contributed by atoms with Crippen molar-refractivity contribution in [2.24, 2.45) is 5.92 Å². The Morgan fingerprint density at radius 1 is 0.931 bits per heavy atom. The molecule has 2 aromatic rings. The van der Waals surface area contributed by atoms with Crippen LogP contribution >= 0.6 is 23.2 Å². The van der Waals surface area contributed by atoms with Gasteiger partial charge in [-0.1, -0.05) is 47.5 Å². The van der Waals surface area contributed by atoms with Crippen LogP contribution in [0.4, 0.5) is 5.69 Å². The van der Waals surface area contributed by atoms with E-state index in [4.69, 9.17) is 23.2 Å². The van der Waals surface area contributed by atoms with E-state index in [0.29, 0.717) is 16.0 Å². The highest BCUT2D eigenvalue weighted by molar-refractivity contribution is 6.42. The van der Waals surface area contributed by atoms with Crippen molar-refractivity contribution >= 4 is 34.8 Å². The molecular weight excluding hydrogens is 405 g/mol. The molecule has 0 aliphatic carbocycles. The molecule has 2 aliphatic heterocycles. The van der Waals surface area contributed by atoms with Gasteiger partial charge < -0.3 is 9.80 Å². The molecule has 1 amide bonds. The molecule has 0 bridgehead atoms. The van der Waals surface area contributed by atoms with Gasteiger partial charge in [0.15, 0.2) is 0 Å². The Bertz CT molecular complexity index is 837. The molecule has 4 nitrogen and oxygen atoms in total. The Balaban J connectivity index is 1.31. The smallest absolute Gasteiger partial charge is 0.227 e. The lowest BCUT2D eigenvalue weighted by Gasteiger charge is -2.39. The van der Waals surface area contributed by atoms with Gasteiger partial charge in [-0.05, 0) is 49.2 Å². The van der Waals surface area contributed by atoms with E-state index in [1.807, 2.05) is 24.3 Å². The van der Waals surface area contributed by atoms with Crippen LogP contribution in [0.25, 0.3) is 0 Å². The largest absolute Gasteiger partial charge is 0.368 e. The van der Waals surface area contributed by atoms with E-state index >= 15 is 0 Å². The van der Waals surface area contributed by atoms with E-state index in [1.54, 1.807) is 0 Å². The lowest BCUT2D eigenvalue weighted by molar-refractivity contribution is -0.137. The Kier molecular flexibility index (Phi) is 6.63. The Labute approximate surface area is 183 Å². The van der Waals surface area contributed by atoms with E-state index in [2.05, 4.69) is 39.0 Å². The van der Waals surface area contributed by atoms with E-state index in [-0.39, 0.29) is 5.92 Å². The molecule has 0 N–H and O–H groups in total. The van der Waals surface area contributed by atoms with Gasteiger partial charge in [0.2, 0.25) is 5.91 Å². The van der Waals surface area contributed by atoms with Crippen LogP contribution in [0.3, 0.4) is 0 Å². The molecule has 0 saturated carbocycles. The molecule has 4 rings (SSSR count). The number of hydrogen-bond donors (Lipinski definition) is 0. The van der Waals surface area contributed by atoms with Crippen LogP contribution in [0, 0.1) is 5.92 Å². The number of hydrogen-bond acceptors (Lipinski definition) is 3. The first-order chi connectivity index (χ1) is 14.1. The number of piperazine rings is 1. The molecule has 0 spiro atoms. The van der Waals surface area contributed by atoms with Gasteiger partial charge in [0, 0.05) is 45.0 Å². The number of rotatable bonds is 4. The number of anilines is 1. The van der Waals surface area contributed by atoms with Crippen molar-refractivity contribution < 1.29 is 4.79 Å². The second kappa shape index (κ2) is 9.38. The first-order valence-corrected chi connectivity index (χ1v) is 11.1. The summed E-state index contributed by atoms with van der Waals surface area (Å²) in [6.45, 7) is 6.05. The summed E-state index contributed by atoms with van der Waals surface area (Å²) in [5.74, 6) is 0.409. The standard InChI is InChI=1S/C23H27Cl2N3O/c24-21-9-8-18(15-22(21)25)16-26-10-4-5-19(17-26)23(29)28-13-11-27(12-14-28)20-6-2-1-3-7-20/h1-3,6-9,15,19H,4-5,10-14,16-17H2. The van der Waals surface area contributed by atoms with Gasteiger partial charge in [-0.2, -0.15) is 0 Å². The minimum atomic E-state index is 0.0924. The fraction of sp³-hybridized carbons (Fsp3) is 0.435. The second-order valence-electron chi connectivity index (χ2n) is 7.97. The monoisotopic (exact) mass is 431 g/mol. The Morgan fingerprint density at radius 3 is 2.41 bits per heavy atom. The molecular formula is C23H27Cl2N3O. The topological polar surface area (TPSA) is 26.8 Å². The number of halogens is 2. The zero-order valence-electron chi connectivity index (χ0n) is 16.6. The summed E-state index contributed by atoms with van der Waals surface area (Å²) in [5.41, 5.74) is 2.38. The van der Waals surface area contributed by atoms with Crippen molar-refractivity contribution in [1.82, 2.24) is 9.80 Å². The number of nitrogens with zero attached hydrogens (tertiary/aromatic N) is 3. The van der Waals surface area contributed by atoms with Crippen molar-refractivity contribution in [3.63, 3.8) is 0 Å². The summed E-state index contributed by atoms with van der Waals surface area (Å²) in [6, 6.07) is 16.2. The van der Waals surface area contributed by atoms with Gasteiger partial charge in [-0.15, -0.1) is 0 Å². The first-order valence-electron chi connectivity index (χ1n) is 10.4. The summed E-state index contributed by atoms with van der Waals surface area (Å²) in [4.78, 5) is 19.9. The van der Waals surface area contributed by atoms with Gasteiger partial charge in [0.1, 0.15) is 0 Å². The van der Waals surface area contributed by atoms with E-state index in [1.165, 1.54) is 5.69 Å². The van der Waals surface area contributed by atoms with Crippen molar-refractivity contribution in [3.8, 4) is 0 Å². The third-order valence-corrected chi connectivity index (χ3v) is 6.70. The minimum absolute atomic E-state index is 0.0924. The molecule has 2 aliphatic rings. The fourth-order valence-corrected chi connectivity index (χ4v) is 4.70. The molecule has 0 aromatic heterocycles. The third-order valence-electron chi connectivity index (χ3n) is 5.96. The lowest BCUT2D eigenvalue weighted by Crippen LogP contribution is -2.52. The molecule has 2 heterocycles. The highest BCUT2D eigenvalue weighted by Gasteiger charge is 2.31. The van der Waals surface area contributed by atoms with Crippen LogP contribution in [-0.4, -0.2) is 55.0 Å². The van der Waals surface area contributed by atoms with Crippen LogP contribution in [0.5, 0.6) is 0 Å². The van der Waals surface area contributed by atoms with Gasteiger partial charge in [-0.3, -0.25) is 9.69 Å². The van der Waals surface area contributed by atoms with Crippen LogP contribution in [0.15, 0.2) is 48.5 Å². The minimum Gasteiger partial charge on any atom is -0.368 e. The summed E-state index contributed by atoms with van der Waals surface area (Å²) in [7, 11) is 0. The number of carbonyl (C=O) groups is 1. The number of likely N-dealkylation sites (tertiary alicyclic amines) is 1. The van der Waals surface area contributed by atoms with Gasteiger partial charge in [0.25, 0.3) is 0 Å². The molecule has 29 heavy (non-hydrogen) atoms. The average molecular weight is 432 g/mol. The zero-order valence-corrected chi connectivity index (χ0v) is 18.1. The van der Waals surface area contributed by atoms with Crippen LogP contribution in [-0.2, 0) is 11.3 Å². The Hall–Kier alpha value is -1.75. The predicted octanol–water partition coefficient (Wildman–Crippen LogP) is 4.55. The Morgan fingerprint density at radius 2 is 1.69 bits per heavy atom. The summed E-state index contributed by atoms with van der Waals surface area (Å²) in [5, 5.41) is 1.17. The molecule has 0 radical (unpaired) electrons. The SMILES string of the molecule is O=C(C1CCCN(Cc2ccc(Cl)c(Cl)c2)C1)N1CCN(c2ccccc2)CC1. The number of carbonyl (C=O) groups excluding carboxylic acids is 1. The fourth-order valence-electron chi connectivity index (χ4n) is 4.38. The number of para-hydroxylation sites is 1. The van der Waals surface area contributed by atoms with Crippen LogP contribution < -0.4 is 4.90 Å². The van der Waals surface area contributed by atoms with Crippen molar-refractivity contribution in [2.75, 3.05) is 44.2 Å². The number of benzene rings is 2. The van der Waals surface area contributed by atoms with Crippen molar-refractivity contribution in [2.45, 2.75) is 19.4 Å². The molecule has 6 heteroatoms. The lowest BCUT2D eigenvalue weighted by atomic mass is 9.95. The second-order valence-corrected chi connectivity index (χ2v) is 8.79. The van der Waals surface area contributed by atoms with E-state index in [0.717, 1.165) is 64.2 Å². The maximum Gasteiger partial charge on any atom is 0.227 e. The number of piperidine rings is 1. The predicted molar refractivity (Wildman–Crippen MR) is 120 cm³/mol. The van der Waals surface area contributed by atoms with Crippen LogP contribution in [0.1, 0.15) is 18.4 Å². The van der Waals surface area contributed by atoms with Gasteiger partial charge in [-0.25, -0.2) is 0 Å². The molecule has 2 fully saturated rings. The maximum atomic E-state index is 13.1. The first kappa shape index (κ1) is 20.5. The summed E-state index contributed by atoms with van der Waals surface area (Å²) >= 11 is 12.2. The average Bonchev–Trinajstić information content (AvgIpc) is 2.77. The zero-order chi connectivity index (χ0) is 20.2. The third kappa shape index (κ3) is 5.06. The highest BCUT2D eigenvalue weighted by Crippen LogP contribution is 2.26. The molecule has 1 unspecified atom stereocenters.